The van der Waals surface area contributed by atoms with Crippen LogP contribution >= 0.6 is 0 Å². The third-order valence-corrected chi connectivity index (χ3v) is 3.92. The molecule has 0 aromatic rings. The van der Waals surface area contributed by atoms with Gasteiger partial charge in [0.25, 0.3) is 0 Å². The van der Waals surface area contributed by atoms with E-state index in [1.807, 2.05) is 0 Å². The number of rotatable bonds is 2. The third kappa shape index (κ3) is 2.67. The van der Waals surface area contributed by atoms with Crippen LogP contribution < -0.4 is 10.6 Å². The van der Waals surface area contributed by atoms with E-state index in [9.17, 15) is 4.79 Å². The van der Waals surface area contributed by atoms with E-state index in [1.54, 1.807) is 0 Å². The highest BCUT2D eigenvalue weighted by Crippen LogP contribution is 2.45. The molecule has 1 aliphatic heterocycles. The Bertz CT molecular complexity index is 386. The van der Waals surface area contributed by atoms with Gasteiger partial charge < -0.3 is 10.6 Å². The van der Waals surface area contributed by atoms with Gasteiger partial charge in [-0.3, -0.25) is 4.79 Å². The zero-order valence-electron chi connectivity index (χ0n) is 11.8. The molecule has 0 unspecified atom stereocenters. The summed E-state index contributed by atoms with van der Waals surface area (Å²) in [5.41, 5.74) is -0.675. The molecule has 4 nitrogen and oxygen atoms in total. The number of carbonyl (C=O) groups is 1. The average Bonchev–Trinajstić information content (AvgIpc) is 2.92. The Morgan fingerprint density at radius 2 is 1.72 bits per heavy atom. The van der Waals surface area contributed by atoms with Crippen LogP contribution in [0.4, 0.5) is 0 Å². The zero-order valence-corrected chi connectivity index (χ0v) is 11.8. The van der Waals surface area contributed by atoms with Crippen LogP contribution in [0.25, 0.3) is 0 Å². The maximum absolute atomic E-state index is 12.1. The second-order valence-electron chi connectivity index (χ2n) is 7.17. The molecule has 0 spiro atoms. The topological polar surface area (TPSA) is 64.9 Å². The fraction of sp³-hybridized carbons (Fsp3) is 0.857. The van der Waals surface area contributed by atoms with Crippen molar-refractivity contribution in [3.63, 3.8) is 0 Å². The van der Waals surface area contributed by atoms with Crippen molar-refractivity contribution in [2.75, 3.05) is 0 Å². The van der Waals surface area contributed by atoms with Gasteiger partial charge in [-0.15, -0.1) is 0 Å². The Morgan fingerprint density at radius 3 is 2.11 bits per heavy atom. The molecule has 1 saturated carbocycles. The summed E-state index contributed by atoms with van der Waals surface area (Å²) >= 11 is 0. The Hall–Kier alpha value is -1.08. The second-order valence-corrected chi connectivity index (χ2v) is 7.17. The van der Waals surface area contributed by atoms with Gasteiger partial charge >= 0.3 is 0 Å². The van der Waals surface area contributed by atoms with E-state index in [1.165, 1.54) is 0 Å². The molecule has 1 aliphatic carbocycles. The lowest BCUT2D eigenvalue weighted by Crippen LogP contribution is -2.62. The van der Waals surface area contributed by atoms with E-state index in [0.717, 1.165) is 12.8 Å². The van der Waals surface area contributed by atoms with Crippen LogP contribution in [0.3, 0.4) is 0 Å². The molecule has 1 amide bonds. The molecule has 0 atom stereocenters. The molecule has 100 valence electrons. The first-order chi connectivity index (χ1) is 8.18. The van der Waals surface area contributed by atoms with Gasteiger partial charge in [0, 0.05) is 17.1 Å². The molecular formula is C14H23N3O. The van der Waals surface area contributed by atoms with Crippen LogP contribution in [0, 0.1) is 16.7 Å². The Morgan fingerprint density at radius 1 is 1.22 bits per heavy atom. The number of piperidine rings is 1. The van der Waals surface area contributed by atoms with Gasteiger partial charge in [0.05, 0.1) is 6.07 Å². The fourth-order valence-electron chi connectivity index (χ4n) is 3.26. The molecule has 18 heavy (non-hydrogen) atoms. The summed E-state index contributed by atoms with van der Waals surface area (Å²) in [6, 6.07) is 2.32. The van der Waals surface area contributed by atoms with Crippen LogP contribution in [0.15, 0.2) is 0 Å². The summed E-state index contributed by atoms with van der Waals surface area (Å²) in [5, 5.41) is 15.7. The van der Waals surface area contributed by atoms with Crippen molar-refractivity contribution >= 4 is 5.91 Å². The largest absolute Gasteiger partial charge is 0.352 e. The van der Waals surface area contributed by atoms with Crippen molar-refractivity contribution in [3.8, 4) is 6.07 Å². The Kier molecular flexibility index (Phi) is 2.94. The van der Waals surface area contributed by atoms with Gasteiger partial charge in [0.2, 0.25) is 5.91 Å². The summed E-state index contributed by atoms with van der Waals surface area (Å²) in [6.45, 7) is 8.63. The first-order valence-corrected chi connectivity index (χ1v) is 6.70. The molecule has 0 radical (unpaired) electrons. The molecule has 2 fully saturated rings. The van der Waals surface area contributed by atoms with Gasteiger partial charge in [0.1, 0.15) is 5.41 Å². The smallest absolute Gasteiger partial charge is 0.240 e. The second kappa shape index (κ2) is 3.96. The summed E-state index contributed by atoms with van der Waals surface area (Å²) < 4.78 is 0. The average molecular weight is 249 g/mol. The normalized spacial score (nSPS) is 28.2. The van der Waals surface area contributed by atoms with Crippen molar-refractivity contribution < 1.29 is 4.79 Å². The number of carbonyl (C=O) groups excluding carboxylic acids is 1. The highest BCUT2D eigenvalue weighted by molar-refractivity contribution is 5.88. The number of nitriles is 1. The molecule has 2 N–H and O–H groups in total. The summed E-state index contributed by atoms with van der Waals surface area (Å²) in [5.74, 6) is -0.0662. The van der Waals surface area contributed by atoms with Crippen LogP contribution in [-0.2, 0) is 4.79 Å². The molecule has 1 saturated heterocycles. The zero-order chi connectivity index (χ0) is 13.6. The van der Waals surface area contributed by atoms with Crippen molar-refractivity contribution in [1.29, 1.82) is 5.26 Å². The summed E-state index contributed by atoms with van der Waals surface area (Å²) in [7, 11) is 0. The van der Waals surface area contributed by atoms with E-state index >= 15 is 0 Å². The van der Waals surface area contributed by atoms with Gasteiger partial charge in [-0.25, -0.2) is 0 Å². The number of amides is 1. The molecule has 1 heterocycles. The lowest BCUT2D eigenvalue weighted by atomic mass is 9.79. The van der Waals surface area contributed by atoms with E-state index in [2.05, 4.69) is 44.4 Å². The minimum Gasteiger partial charge on any atom is -0.352 e. The highest BCUT2D eigenvalue weighted by atomic mass is 16.2. The lowest BCUT2D eigenvalue weighted by molar-refractivity contribution is -0.125. The standard InChI is InChI=1S/C14H23N3O/c1-12(2)7-10(8-13(3,4)17-12)16-11(18)14(9-15)5-6-14/h10,17H,5-8H2,1-4H3,(H,16,18). The SMILES string of the molecule is CC1(C)CC(NC(=O)C2(C#N)CC2)CC(C)(C)N1. The van der Waals surface area contributed by atoms with Crippen LogP contribution in [0.1, 0.15) is 53.4 Å². The van der Waals surface area contributed by atoms with Crippen molar-refractivity contribution in [2.45, 2.75) is 70.5 Å². The maximum atomic E-state index is 12.1. The molecule has 2 aliphatic rings. The monoisotopic (exact) mass is 249 g/mol. The summed E-state index contributed by atoms with van der Waals surface area (Å²) in [4.78, 5) is 12.1. The predicted octanol–water partition coefficient (Wildman–Crippen LogP) is 1.72. The van der Waals surface area contributed by atoms with Crippen molar-refractivity contribution in [3.05, 3.63) is 0 Å². The van der Waals surface area contributed by atoms with E-state index in [0.29, 0.717) is 12.8 Å². The quantitative estimate of drug-likeness (QED) is 0.783. The minimum absolute atomic E-state index is 0.0169. The molecule has 2 rings (SSSR count). The first kappa shape index (κ1) is 13.4. The molecule has 4 heteroatoms. The first-order valence-electron chi connectivity index (χ1n) is 6.70. The molecule has 0 bridgehead atoms. The van der Waals surface area contributed by atoms with Crippen molar-refractivity contribution in [2.24, 2.45) is 5.41 Å². The van der Waals surface area contributed by atoms with E-state index in [-0.39, 0.29) is 23.0 Å². The van der Waals surface area contributed by atoms with Crippen LogP contribution in [0.2, 0.25) is 0 Å². The lowest BCUT2D eigenvalue weighted by Gasteiger charge is -2.46. The maximum Gasteiger partial charge on any atom is 0.240 e. The highest BCUT2D eigenvalue weighted by Gasteiger charge is 2.51. The van der Waals surface area contributed by atoms with Crippen LogP contribution in [-0.4, -0.2) is 23.0 Å². The number of nitrogens with zero attached hydrogens (tertiary/aromatic N) is 1. The third-order valence-electron chi connectivity index (χ3n) is 3.92. The molecule has 0 aromatic carbocycles. The Balaban J connectivity index is 2.02. The van der Waals surface area contributed by atoms with E-state index in [4.69, 9.17) is 5.26 Å². The van der Waals surface area contributed by atoms with Gasteiger partial charge in [-0.2, -0.15) is 5.26 Å². The predicted molar refractivity (Wildman–Crippen MR) is 69.7 cm³/mol. The molecule has 0 aromatic heterocycles. The summed E-state index contributed by atoms with van der Waals surface area (Å²) in [6.07, 6.45) is 3.24. The molecular weight excluding hydrogens is 226 g/mol. The number of hydrogen-bond acceptors (Lipinski definition) is 3. The van der Waals surface area contributed by atoms with Gasteiger partial charge in [-0.1, -0.05) is 0 Å². The number of hydrogen-bond donors (Lipinski definition) is 2. The van der Waals surface area contributed by atoms with Crippen molar-refractivity contribution in [1.82, 2.24) is 10.6 Å². The van der Waals surface area contributed by atoms with Crippen LogP contribution in [0.5, 0.6) is 0 Å². The van der Waals surface area contributed by atoms with Gasteiger partial charge in [-0.05, 0) is 53.4 Å². The van der Waals surface area contributed by atoms with Gasteiger partial charge in [0.15, 0.2) is 0 Å². The van der Waals surface area contributed by atoms with E-state index < -0.39 is 5.41 Å². The number of nitrogens with one attached hydrogen (secondary N) is 2. The Labute approximate surface area is 109 Å². The minimum atomic E-state index is -0.709. The fourth-order valence-corrected chi connectivity index (χ4v) is 3.26.